The Morgan fingerprint density at radius 2 is 1.92 bits per heavy atom. The van der Waals surface area contributed by atoms with Crippen molar-refractivity contribution in [1.29, 1.82) is 0 Å². The van der Waals surface area contributed by atoms with Crippen LogP contribution in [0.5, 0.6) is 5.88 Å². The fourth-order valence-corrected chi connectivity index (χ4v) is 2.86. The van der Waals surface area contributed by atoms with E-state index in [-0.39, 0.29) is 29.8 Å². The number of hydrogen-bond donors (Lipinski definition) is 1. The summed E-state index contributed by atoms with van der Waals surface area (Å²) in [6.45, 7) is 10.2. The first-order chi connectivity index (χ1) is 12.1. The Hall–Kier alpha value is -2.25. The van der Waals surface area contributed by atoms with Gasteiger partial charge in [-0.1, -0.05) is 13.8 Å². The maximum atomic E-state index is 12.1. The van der Waals surface area contributed by atoms with Crippen LogP contribution in [-0.4, -0.2) is 52.0 Å². The molecule has 1 aromatic heterocycles. The van der Waals surface area contributed by atoms with Crippen LogP contribution in [0.15, 0.2) is 10.6 Å². The number of carbonyl (C=O) groups excluding carboxylic acids is 1. The summed E-state index contributed by atoms with van der Waals surface area (Å²) in [5.74, 6) is -1.26. The van der Waals surface area contributed by atoms with Crippen molar-refractivity contribution in [3.63, 3.8) is 0 Å². The molecule has 0 saturated carbocycles. The van der Waals surface area contributed by atoms with Crippen molar-refractivity contribution < 1.29 is 28.7 Å². The molecule has 1 aliphatic rings. The zero-order chi connectivity index (χ0) is 19.5. The SMILES string of the molecule is CC(C)C(C(=O)O)c1cc(OC2CCN(C(=O)OC(C)(C)C)CC2)no1. The third kappa shape index (κ3) is 5.37. The summed E-state index contributed by atoms with van der Waals surface area (Å²) in [6, 6.07) is 1.54. The number of piperidine rings is 1. The minimum absolute atomic E-state index is 0.103. The Bertz CT molecular complexity index is 626. The van der Waals surface area contributed by atoms with Crippen molar-refractivity contribution in [3.8, 4) is 5.88 Å². The van der Waals surface area contributed by atoms with Crippen LogP contribution in [-0.2, 0) is 9.53 Å². The van der Waals surface area contributed by atoms with Crippen LogP contribution >= 0.6 is 0 Å². The lowest BCUT2D eigenvalue weighted by molar-refractivity contribution is -0.140. The van der Waals surface area contributed by atoms with E-state index in [1.165, 1.54) is 0 Å². The van der Waals surface area contributed by atoms with Crippen LogP contribution in [0.25, 0.3) is 0 Å². The molecule has 1 amide bonds. The van der Waals surface area contributed by atoms with Gasteiger partial charge in [0.15, 0.2) is 5.76 Å². The second-order valence-corrected chi connectivity index (χ2v) is 7.91. The van der Waals surface area contributed by atoms with Gasteiger partial charge in [-0.2, -0.15) is 0 Å². The monoisotopic (exact) mass is 368 g/mol. The number of likely N-dealkylation sites (tertiary alicyclic amines) is 1. The molecular weight excluding hydrogens is 340 g/mol. The van der Waals surface area contributed by atoms with Gasteiger partial charge in [-0.15, -0.1) is 0 Å². The standard InChI is InChI=1S/C18H28N2O6/c1-11(2)15(16(21)22)13-10-14(19-26-13)24-12-6-8-20(9-7-12)17(23)25-18(3,4)5/h10-12,15H,6-9H2,1-5H3,(H,21,22). The summed E-state index contributed by atoms with van der Waals surface area (Å²) < 4.78 is 16.3. The van der Waals surface area contributed by atoms with E-state index in [4.69, 9.17) is 14.0 Å². The maximum absolute atomic E-state index is 12.1. The molecule has 1 aromatic rings. The van der Waals surface area contributed by atoms with Crippen LogP contribution < -0.4 is 4.74 Å². The molecule has 0 radical (unpaired) electrons. The lowest BCUT2D eigenvalue weighted by Gasteiger charge is -2.33. The topological polar surface area (TPSA) is 102 Å². The Labute approximate surface area is 153 Å². The van der Waals surface area contributed by atoms with Crippen molar-refractivity contribution in [3.05, 3.63) is 11.8 Å². The van der Waals surface area contributed by atoms with Gasteiger partial charge in [0, 0.05) is 32.0 Å². The molecule has 2 heterocycles. The number of aromatic nitrogens is 1. The van der Waals surface area contributed by atoms with Crippen LogP contribution in [0.1, 0.15) is 59.1 Å². The Morgan fingerprint density at radius 3 is 2.42 bits per heavy atom. The van der Waals surface area contributed by atoms with E-state index >= 15 is 0 Å². The van der Waals surface area contributed by atoms with Gasteiger partial charge in [-0.25, -0.2) is 4.79 Å². The van der Waals surface area contributed by atoms with E-state index in [1.54, 1.807) is 11.0 Å². The fraction of sp³-hybridized carbons (Fsp3) is 0.722. The second kappa shape index (κ2) is 7.97. The van der Waals surface area contributed by atoms with Crippen molar-refractivity contribution in [1.82, 2.24) is 10.1 Å². The van der Waals surface area contributed by atoms with Gasteiger partial charge in [0.25, 0.3) is 5.88 Å². The molecule has 1 N–H and O–H groups in total. The minimum Gasteiger partial charge on any atom is -0.481 e. The molecule has 26 heavy (non-hydrogen) atoms. The van der Waals surface area contributed by atoms with E-state index in [0.29, 0.717) is 25.9 Å². The largest absolute Gasteiger partial charge is 0.481 e. The highest BCUT2D eigenvalue weighted by Gasteiger charge is 2.30. The molecule has 1 atom stereocenters. The number of nitrogens with zero attached hydrogens (tertiary/aromatic N) is 2. The third-order valence-electron chi connectivity index (χ3n) is 4.13. The molecule has 8 nitrogen and oxygen atoms in total. The molecule has 2 rings (SSSR count). The van der Waals surface area contributed by atoms with E-state index < -0.39 is 17.5 Å². The number of hydrogen-bond acceptors (Lipinski definition) is 6. The van der Waals surface area contributed by atoms with Crippen LogP contribution in [0.2, 0.25) is 0 Å². The first-order valence-corrected chi connectivity index (χ1v) is 8.91. The van der Waals surface area contributed by atoms with Crippen LogP contribution in [0.3, 0.4) is 0 Å². The van der Waals surface area contributed by atoms with Gasteiger partial charge in [-0.3, -0.25) is 4.79 Å². The molecule has 146 valence electrons. The van der Waals surface area contributed by atoms with Gasteiger partial charge in [0.05, 0.1) is 0 Å². The number of carbonyl (C=O) groups is 2. The summed E-state index contributed by atoms with van der Waals surface area (Å²) in [6.07, 6.45) is 0.872. The van der Waals surface area contributed by atoms with Gasteiger partial charge in [-0.05, 0) is 31.8 Å². The van der Waals surface area contributed by atoms with E-state index in [9.17, 15) is 14.7 Å². The lowest BCUT2D eigenvalue weighted by Crippen LogP contribution is -2.44. The summed E-state index contributed by atoms with van der Waals surface area (Å²) >= 11 is 0. The Balaban J connectivity index is 1.88. The van der Waals surface area contributed by atoms with Crippen LogP contribution in [0.4, 0.5) is 4.79 Å². The van der Waals surface area contributed by atoms with Crippen molar-refractivity contribution >= 4 is 12.1 Å². The van der Waals surface area contributed by atoms with E-state index in [2.05, 4.69) is 5.16 Å². The first-order valence-electron chi connectivity index (χ1n) is 8.91. The van der Waals surface area contributed by atoms with Crippen molar-refractivity contribution in [2.75, 3.05) is 13.1 Å². The highest BCUT2D eigenvalue weighted by Crippen LogP contribution is 2.28. The zero-order valence-corrected chi connectivity index (χ0v) is 16.0. The number of aliphatic carboxylic acids is 1. The lowest BCUT2D eigenvalue weighted by atomic mass is 9.93. The maximum Gasteiger partial charge on any atom is 0.410 e. The fourth-order valence-electron chi connectivity index (χ4n) is 2.86. The molecule has 1 saturated heterocycles. The average Bonchev–Trinajstić information content (AvgIpc) is 2.93. The van der Waals surface area contributed by atoms with Gasteiger partial charge >= 0.3 is 12.1 Å². The first kappa shape index (κ1) is 20.1. The molecule has 0 aromatic carbocycles. The number of ether oxygens (including phenoxy) is 2. The van der Waals surface area contributed by atoms with Crippen molar-refractivity contribution in [2.24, 2.45) is 5.92 Å². The molecule has 1 fully saturated rings. The molecule has 1 aliphatic heterocycles. The molecule has 8 heteroatoms. The molecule has 1 unspecified atom stereocenters. The molecule has 0 spiro atoms. The summed E-state index contributed by atoms with van der Waals surface area (Å²) in [4.78, 5) is 25.1. The molecule has 0 bridgehead atoms. The second-order valence-electron chi connectivity index (χ2n) is 7.91. The van der Waals surface area contributed by atoms with E-state index in [0.717, 1.165) is 0 Å². The van der Waals surface area contributed by atoms with Gasteiger partial charge in [0.2, 0.25) is 0 Å². The smallest absolute Gasteiger partial charge is 0.410 e. The number of carboxylic acids is 1. The number of amides is 1. The number of rotatable bonds is 5. The van der Waals surface area contributed by atoms with Crippen LogP contribution in [0, 0.1) is 5.92 Å². The molecular formula is C18H28N2O6. The normalized spacial score (nSPS) is 17.2. The van der Waals surface area contributed by atoms with E-state index in [1.807, 2.05) is 34.6 Å². The minimum atomic E-state index is -0.951. The zero-order valence-electron chi connectivity index (χ0n) is 16.0. The summed E-state index contributed by atoms with van der Waals surface area (Å²) in [5.41, 5.74) is -0.515. The predicted octanol–water partition coefficient (Wildman–Crippen LogP) is 3.28. The highest BCUT2D eigenvalue weighted by atomic mass is 16.6. The Kier molecular flexibility index (Phi) is 6.15. The third-order valence-corrected chi connectivity index (χ3v) is 4.13. The van der Waals surface area contributed by atoms with Gasteiger partial charge in [0.1, 0.15) is 17.6 Å². The quantitative estimate of drug-likeness (QED) is 0.851. The Morgan fingerprint density at radius 1 is 1.31 bits per heavy atom. The number of carboxylic acid groups (broad SMARTS) is 1. The average molecular weight is 368 g/mol. The summed E-state index contributed by atoms with van der Waals surface area (Å²) in [5, 5.41) is 13.1. The molecule has 0 aliphatic carbocycles. The van der Waals surface area contributed by atoms with Gasteiger partial charge < -0.3 is 24.0 Å². The predicted molar refractivity (Wildman–Crippen MR) is 93.2 cm³/mol. The highest BCUT2D eigenvalue weighted by molar-refractivity contribution is 5.75. The van der Waals surface area contributed by atoms with Crippen molar-refractivity contribution in [2.45, 2.75) is 65.1 Å². The summed E-state index contributed by atoms with van der Waals surface area (Å²) in [7, 11) is 0.